The van der Waals surface area contributed by atoms with E-state index in [-0.39, 0.29) is 6.04 Å². The van der Waals surface area contributed by atoms with Crippen molar-refractivity contribution >= 4 is 0 Å². The number of ether oxygens (including phenoxy) is 1. The van der Waals surface area contributed by atoms with E-state index in [1.807, 2.05) is 18.6 Å². The predicted octanol–water partition coefficient (Wildman–Crippen LogP) is 1.71. The molecule has 29 heavy (non-hydrogen) atoms. The molecule has 1 atom stereocenters. The molecule has 1 N–H and O–H groups in total. The van der Waals surface area contributed by atoms with Gasteiger partial charge in [0.25, 0.3) is 0 Å². The highest BCUT2D eigenvalue weighted by atomic mass is 16.5. The first-order valence-electron chi connectivity index (χ1n) is 10.4. The van der Waals surface area contributed by atoms with Crippen LogP contribution in [-0.4, -0.2) is 62.1 Å². The first kappa shape index (κ1) is 18.5. The highest BCUT2D eigenvalue weighted by Crippen LogP contribution is 2.26. The Bertz CT molecular complexity index is 906. The van der Waals surface area contributed by atoms with Crippen molar-refractivity contribution in [1.29, 1.82) is 0 Å². The van der Waals surface area contributed by atoms with Crippen LogP contribution in [0.15, 0.2) is 43.0 Å². The largest absolute Gasteiger partial charge is 0.379 e. The van der Waals surface area contributed by atoms with Gasteiger partial charge in [-0.15, -0.1) is 0 Å². The lowest BCUT2D eigenvalue weighted by molar-refractivity contribution is 0.0124. The molecule has 0 bridgehead atoms. The molecule has 5 heterocycles. The minimum Gasteiger partial charge on any atom is -0.379 e. The first-order valence-corrected chi connectivity index (χ1v) is 10.4. The van der Waals surface area contributed by atoms with E-state index in [0.29, 0.717) is 0 Å². The highest BCUT2D eigenvalue weighted by molar-refractivity contribution is 5.50. The van der Waals surface area contributed by atoms with Crippen molar-refractivity contribution in [3.63, 3.8) is 0 Å². The molecule has 0 spiro atoms. The van der Waals surface area contributed by atoms with E-state index in [0.717, 1.165) is 70.4 Å². The lowest BCUT2D eigenvalue weighted by atomic mass is 10.1. The average Bonchev–Trinajstić information content (AvgIpc) is 3.34. The Morgan fingerprint density at radius 2 is 1.97 bits per heavy atom. The summed E-state index contributed by atoms with van der Waals surface area (Å²) in [6, 6.07) is 6.65. The van der Waals surface area contributed by atoms with Gasteiger partial charge in [0.05, 0.1) is 24.9 Å². The minimum atomic E-state index is 0.247. The van der Waals surface area contributed by atoms with Crippen LogP contribution in [0.25, 0.3) is 11.5 Å². The standard InChI is InChI=1S/C21H27N7O/c1-4-23-15-18-14-19(25-28(18)8-1)21-24-7-9-27(21)16-20(17-2-5-22-6-3-17)26-10-12-29-13-11-26/h2-3,5-7,9,14,20,23H,1,4,8,10-13,15-16H2/t20-/m0/s1. The van der Waals surface area contributed by atoms with Crippen LogP contribution in [0.3, 0.4) is 0 Å². The zero-order valence-electron chi connectivity index (χ0n) is 16.6. The molecule has 2 aliphatic heterocycles. The maximum absolute atomic E-state index is 5.58. The molecule has 0 aliphatic carbocycles. The van der Waals surface area contributed by atoms with Gasteiger partial charge in [-0.05, 0) is 36.7 Å². The second-order valence-electron chi connectivity index (χ2n) is 7.62. The number of fused-ring (bicyclic) bond motifs is 1. The van der Waals surface area contributed by atoms with E-state index < -0.39 is 0 Å². The van der Waals surface area contributed by atoms with E-state index in [9.17, 15) is 0 Å². The van der Waals surface area contributed by atoms with Crippen LogP contribution in [0.1, 0.15) is 23.7 Å². The van der Waals surface area contributed by atoms with Gasteiger partial charge >= 0.3 is 0 Å². The molecule has 8 heteroatoms. The van der Waals surface area contributed by atoms with Crippen molar-refractivity contribution in [2.24, 2.45) is 0 Å². The molecule has 8 nitrogen and oxygen atoms in total. The molecule has 152 valence electrons. The second kappa shape index (κ2) is 8.44. The monoisotopic (exact) mass is 393 g/mol. The van der Waals surface area contributed by atoms with Crippen LogP contribution in [0.5, 0.6) is 0 Å². The predicted molar refractivity (Wildman–Crippen MR) is 109 cm³/mol. The number of imidazole rings is 1. The Morgan fingerprint density at radius 1 is 1.10 bits per heavy atom. The first-order chi connectivity index (χ1) is 14.4. The maximum Gasteiger partial charge on any atom is 0.160 e. The van der Waals surface area contributed by atoms with Gasteiger partial charge in [0, 0.05) is 57.5 Å². The summed E-state index contributed by atoms with van der Waals surface area (Å²) in [5.74, 6) is 0.929. The summed E-state index contributed by atoms with van der Waals surface area (Å²) in [6.07, 6.45) is 8.78. The molecule has 0 amide bonds. The average molecular weight is 393 g/mol. The number of nitrogens with one attached hydrogen (secondary N) is 1. The Balaban J connectivity index is 1.44. The van der Waals surface area contributed by atoms with Gasteiger partial charge in [0.1, 0.15) is 5.69 Å². The summed E-state index contributed by atoms with van der Waals surface area (Å²) < 4.78 is 9.93. The van der Waals surface area contributed by atoms with Gasteiger partial charge < -0.3 is 14.6 Å². The van der Waals surface area contributed by atoms with Crippen molar-refractivity contribution in [3.8, 4) is 11.5 Å². The summed E-state index contributed by atoms with van der Waals surface area (Å²) in [5, 5.41) is 8.32. The van der Waals surface area contributed by atoms with E-state index in [4.69, 9.17) is 9.84 Å². The van der Waals surface area contributed by atoms with Crippen molar-refractivity contribution in [2.75, 3.05) is 32.8 Å². The Labute approximate surface area is 170 Å². The normalized spacial score (nSPS) is 18.9. The second-order valence-corrected chi connectivity index (χ2v) is 7.62. The van der Waals surface area contributed by atoms with Crippen LogP contribution < -0.4 is 5.32 Å². The third-order valence-corrected chi connectivity index (χ3v) is 5.78. The summed E-state index contributed by atoms with van der Waals surface area (Å²) in [6.45, 7) is 7.10. The molecule has 5 rings (SSSR count). The third kappa shape index (κ3) is 3.96. The lowest BCUT2D eigenvalue weighted by Gasteiger charge is -2.35. The highest BCUT2D eigenvalue weighted by Gasteiger charge is 2.25. The Morgan fingerprint density at radius 3 is 2.83 bits per heavy atom. The number of rotatable bonds is 5. The van der Waals surface area contributed by atoms with Crippen LogP contribution in [0, 0.1) is 0 Å². The van der Waals surface area contributed by atoms with Crippen molar-refractivity contribution in [2.45, 2.75) is 32.1 Å². The van der Waals surface area contributed by atoms with Gasteiger partial charge in [-0.3, -0.25) is 14.6 Å². The van der Waals surface area contributed by atoms with Gasteiger partial charge in [0.2, 0.25) is 0 Å². The lowest BCUT2D eigenvalue weighted by Crippen LogP contribution is -2.40. The summed E-state index contributed by atoms with van der Waals surface area (Å²) in [5.41, 5.74) is 3.45. The number of pyridine rings is 1. The Kier molecular flexibility index (Phi) is 5.38. The quantitative estimate of drug-likeness (QED) is 0.712. The zero-order valence-corrected chi connectivity index (χ0v) is 16.6. The summed E-state index contributed by atoms with van der Waals surface area (Å²) in [4.78, 5) is 11.4. The van der Waals surface area contributed by atoms with E-state index >= 15 is 0 Å². The van der Waals surface area contributed by atoms with E-state index in [1.165, 1.54) is 11.3 Å². The molecule has 1 fully saturated rings. The molecule has 3 aromatic heterocycles. The molecule has 0 unspecified atom stereocenters. The molecule has 0 radical (unpaired) electrons. The molecule has 1 saturated heterocycles. The number of morpholine rings is 1. The summed E-state index contributed by atoms with van der Waals surface area (Å²) in [7, 11) is 0. The molecular weight excluding hydrogens is 366 g/mol. The van der Waals surface area contributed by atoms with Crippen molar-refractivity contribution in [1.82, 2.24) is 34.5 Å². The van der Waals surface area contributed by atoms with Crippen LogP contribution in [0.4, 0.5) is 0 Å². The van der Waals surface area contributed by atoms with E-state index in [2.05, 4.69) is 53.8 Å². The Hall–Kier alpha value is -2.55. The van der Waals surface area contributed by atoms with Crippen LogP contribution >= 0.6 is 0 Å². The van der Waals surface area contributed by atoms with Gasteiger partial charge in [-0.1, -0.05) is 0 Å². The van der Waals surface area contributed by atoms with Gasteiger partial charge in [-0.2, -0.15) is 5.10 Å². The molecule has 0 saturated carbocycles. The smallest absolute Gasteiger partial charge is 0.160 e. The molecule has 2 aliphatic rings. The maximum atomic E-state index is 5.58. The zero-order chi connectivity index (χ0) is 19.5. The van der Waals surface area contributed by atoms with Crippen LogP contribution in [0.2, 0.25) is 0 Å². The SMILES string of the molecule is c1cc([C@H](Cn2ccnc2-c2cc3n(n2)CCCNC3)N2CCOCC2)ccn1. The number of nitrogens with zero attached hydrogens (tertiary/aromatic N) is 6. The van der Waals surface area contributed by atoms with Crippen molar-refractivity contribution in [3.05, 3.63) is 54.2 Å². The fourth-order valence-electron chi connectivity index (χ4n) is 4.25. The number of hydrogen-bond acceptors (Lipinski definition) is 6. The van der Waals surface area contributed by atoms with E-state index in [1.54, 1.807) is 0 Å². The topological polar surface area (TPSA) is 73.0 Å². The minimum absolute atomic E-state index is 0.247. The fraction of sp³-hybridized carbons (Fsp3) is 0.476. The van der Waals surface area contributed by atoms with Crippen molar-refractivity contribution < 1.29 is 4.74 Å². The molecular formula is C21H27N7O. The number of hydrogen-bond donors (Lipinski definition) is 1. The van der Waals surface area contributed by atoms with Crippen LogP contribution in [-0.2, 0) is 24.4 Å². The third-order valence-electron chi connectivity index (χ3n) is 5.78. The number of aromatic nitrogens is 5. The fourth-order valence-corrected chi connectivity index (χ4v) is 4.25. The molecule has 0 aromatic carbocycles. The number of aryl methyl sites for hydroxylation is 1. The molecule has 3 aromatic rings. The van der Waals surface area contributed by atoms with Gasteiger partial charge in [0.15, 0.2) is 5.82 Å². The van der Waals surface area contributed by atoms with Gasteiger partial charge in [-0.25, -0.2) is 4.98 Å². The summed E-state index contributed by atoms with van der Waals surface area (Å²) >= 11 is 0.